The van der Waals surface area contributed by atoms with E-state index in [0.29, 0.717) is 52.9 Å². The van der Waals surface area contributed by atoms with Gasteiger partial charge in [0.1, 0.15) is 0 Å². The minimum atomic E-state index is -0.841. The molecule has 6 rings (SSSR count). The second-order valence-corrected chi connectivity index (χ2v) is 16.3. The van der Waals surface area contributed by atoms with Crippen molar-refractivity contribution in [3.8, 4) is 0 Å². The highest BCUT2D eigenvalue weighted by Gasteiger charge is 2.68. The average Bonchev–Trinajstić information content (AvgIpc) is 3.30. The molecule has 0 saturated heterocycles. The summed E-state index contributed by atoms with van der Waals surface area (Å²) in [4.78, 5) is 24.6. The van der Waals surface area contributed by atoms with Gasteiger partial charge in [0.05, 0.1) is 11.0 Å². The molecule has 4 nitrogen and oxygen atoms in total. The molecule has 0 aromatic heterocycles. The van der Waals surface area contributed by atoms with E-state index in [0.717, 1.165) is 32.1 Å². The molecule has 5 aliphatic carbocycles. The lowest BCUT2D eigenvalue weighted by Gasteiger charge is -2.69. The van der Waals surface area contributed by atoms with Gasteiger partial charge in [-0.05, 0) is 145 Å². The monoisotopic (exact) mass is 548 g/mol. The zero-order chi connectivity index (χ0) is 28.8. The molecular weight excluding hydrogens is 496 g/mol. The molecule has 5 fully saturated rings. The van der Waals surface area contributed by atoms with Crippen LogP contribution in [0.25, 0.3) is 0 Å². The van der Waals surface area contributed by atoms with E-state index in [1.54, 1.807) is 6.07 Å². The molecule has 0 amide bonds. The molecule has 2 N–H and O–H groups in total. The molecule has 1 aromatic rings. The first-order chi connectivity index (χ1) is 18.8. The van der Waals surface area contributed by atoms with Gasteiger partial charge in [-0.2, -0.15) is 0 Å². The number of aliphatic carboxylic acids is 1. The third-order valence-electron chi connectivity index (χ3n) is 14.5. The fraction of sp³-hybridized carbons (Fsp3) is 0.778. The summed E-state index contributed by atoms with van der Waals surface area (Å²) in [5.41, 5.74) is 1.75. The van der Waals surface area contributed by atoms with Gasteiger partial charge in [0.25, 0.3) is 0 Å². The van der Waals surface area contributed by atoms with Gasteiger partial charge in [0, 0.05) is 0 Å². The van der Waals surface area contributed by atoms with Gasteiger partial charge >= 0.3 is 11.9 Å². The van der Waals surface area contributed by atoms with Crippen LogP contribution in [0.15, 0.2) is 24.3 Å². The van der Waals surface area contributed by atoms with Gasteiger partial charge < -0.3 is 10.2 Å². The highest BCUT2D eigenvalue weighted by atomic mass is 16.4. The van der Waals surface area contributed by atoms with Crippen molar-refractivity contribution >= 4 is 11.9 Å². The minimum Gasteiger partial charge on any atom is -0.481 e. The second kappa shape index (κ2) is 9.33. The first-order valence-corrected chi connectivity index (χ1v) is 16.3. The Balaban J connectivity index is 1.31. The van der Waals surface area contributed by atoms with Gasteiger partial charge in [-0.25, -0.2) is 4.79 Å². The Kier molecular flexibility index (Phi) is 6.60. The summed E-state index contributed by atoms with van der Waals surface area (Å²) >= 11 is 0. The predicted octanol–water partition coefficient (Wildman–Crippen LogP) is 8.90. The summed E-state index contributed by atoms with van der Waals surface area (Å²) in [6.07, 6.45) is 11.2. The van der Waals surface area contributed by atoms with Gasteiger partial charge in [-0.3, -0.25) is 4.79 Å². The lowest BCUT2D eigenvalue weighted by molar-refractivity contribution is -0.202. The van der Waals surface area contributed by atoms with E-state index in [9.17, 15) is 19.8 Å². The van der Waals surface area contributed by atoms with E-state index in [2.05, 4.69) is 47.6 Å². The lowest BCUT2D eigenvalue weighted by atomic mass is 9.36. The molecular formula is C36H52O4. The quantitative estimate of drug-likeness (QED) is 0.394. The van der Waals surface area contributed by atoms with Crippen molar-refractivity contribution in [1.29, 1.82) is 0 Å². The molecule has 0 spiro atoms. The van der Waals surface area contributed by atoms with E-state index < -0.39 is 17.4 Å². The van der Waals surface area contributed by atoms with Gasteiger partial charge in [-0.1, -0.05) is 53.7 Å². The van der Waals surface area contributed by atoms with Crippen LogP contribution in [0.1, 0.15) is 128 Å². The maximum absolute atomic E-state index is 12.9. The smallest absolute Gasteiger partial charge is 0.335 e. The summed E-state index contributed by atoms with van der Waals surface area (Å²) in [6.45, 7) is 14.8. The summed E-state index contributed by atoms with van der Waals surface area (Å²) in [5.74, 6) is 3.01. The fourth-order valence-corrected chi connectivity index (χ4v) is 12.7. The summed E-state index contributed by atoms with van der Waals surface area (Å²) in [7, 11) is 0. The number of hydrogen-bond acceptors (Lipinski definition) is 2. The number of carboxylic acids is 2. The van der Waals surface area contributed by atoms with Crippen LogP contribution >= 0.6 is 0 Å². The van der Waals surface area contributed by atoms with Crippen LogP contribution in [0.5, 0.6) is 0 Å². The average molecular weight is 549 g/mol. The molecule has 4 unspecified atom stereocenters. The third-order valence-corrected chi connectivity index (χ3v) is 14.5. The molecule has 5 saturated carbocycles. The van der Waals surface area contributed by atoms with Crippen LogP contribution in [0.3, 0.4) is 0 Å². The largest absolute Gasteiger partial charge is 0.481 e. The zero-order valence-corrected chi connectivity index (χ0v) is 25.7. The Morgan fingerprint density at radius 3 is 2.15 bits per heavy atom. The summed E-state index contributed by atoms with van der Waals surface area (Å²) < 4.78 is 0. The maximum Gasteiger partial charge on any atom is 0.335 e. The summed E-state index contributed by atoms with van der Waals surface area (Å²) in [6, 6.07) is 7.73. The van der Waals surface area contributed by atoms with Crippen LogP contribution in [-0.4, -0.2) is 22.2 Å². The third kappa shape index (κ3) is 3.75. The summed E-state index contributed by atoms with van der Waals surface area (Å²) in [5, 5.41) is 20.2. The number of hydrogen-bond donors (Lipinski definition) is 2. The number of benzene rings is 1. The van der Waals surface area contributed by atoms with Crippen LogP contribution in [0.4, 0.5) is 0 Å². The first-order valence-electron chi connectivity index (χ1n) is 16.3. The topological polar surface area (TPSA) is 74.6 Å². The molecule has 1 aromatic carbocycles. The molecule has 0 radical (unpaired) electrons. The Labute approximate surface area is 241 Å². The van der Waals surface area contributed by atoms with E-state index in [1.807, 2.05) is 12.1 Å². The van der Waals surface area contributed by atoms with E-state index in [4.69, 9.17) is 0 Å². The zero-order valence-electron chi connectivity index (χ0n) is 25.7. The molecule has 0 heterocycles. The van der Waals surface area contributed by atoms with E-state index in [-0.39, 0.29) is 16.2 Å². The fourth-order valence-electron chi connectivity index (χ4n) is 12.7. The van der Waals surface area contributed by atoms with E-state index >= 15 is 0 Å². The van der Waals surface area contributed by atoms with Crippen molar-refractivity contribution in [3.05, 3.63) is 35.4 Å². The van der Waals surface area contributed by atoms with Crippen LogP contribution in [0.2, 0.25) is 0 Å². The molecule has 0 bridgehead atoms. The van der Waals surface area contributed by atoms with Crippen molar-refractivity contribution in [2.75, 3.05) is 0 Å². The number of carbonyl (C=O) groups is 2. The van der Waals surface area contributed by atoms with Crippen LogP contribution in [-0.2, 0) is 4.79 Å². The maximum atomic E-state index is 12.9. The van der Waals surface area contributed by atoms with Crippen LogP contribution in [0, 0.1) is 63.1 Å². The van der Waals surface area contributed by atoms with Crippen molar-refractivity contribution in [2.45, 2.75) is 112 Å². The van der Waals surface area contributed by atoms with Crippen molar-refractivity contribution < 1.29 is 19.8 Å². The normalized spacial score (nSPS) is 45.6. The molecule has 4 heteroatoms. The van der Waals surface area contributed by atoms with Crippen LogP contribution < -0.4 is 0 Å². The Bertz CT molecular complexity index is 1180. The highest BCUT2D eigenvalue weighted by molar-refractivity contribution is 5.87. The second-order valence-electron chi connectivity index (χ2n) is 16.3. The van der Waals surface area contributed by atoms with Crippen molar-refractivity contribution in [1.82, 2.24) is 0 Å². The Hall–Kier alpha value is -1.84. The molecule has 5 aliphatic rings. The number of rotatable bonds is 4. The molecule has 10 atom stereocenters. The van der Waals surface area contributed by atoms with Gasteiger partial charge in [0.2, 0.25) is 0 Å². The van der Waals surface area contributed by atoms with Crippen molar-refractivity contribution in [2.24, 2.45) is 63.1 Å². The number of carboxylic acid groups (broad SMARTS) is 2. The van der Waals surface area contributed by atoms with Gasteiger partial charge in [-0.15, -0.1) is 0 Å². The predicted molar refractivity (Wildman–Crippen MR) is 158 cm³/mol. The molecule has 220 valence electrons. The first kappa shape index (κ1) is 28.3. The van der Waals surface area contributed by atoms with Gasteiger partial charge in [0.15, 0.2) is 0 Å². The number of aromatic carboxylic acids is 1. The Morgan fingerprint density at radius 2 is 1.48 bits per heavy atom. The SMILES string of the molecule is CC(C)[C@@H]1CC[C@]2(C(=O)O)CC[C@@]3(C)C4CCC5C(C)(C)[C@@H](c6cccc(C(=O)O)c6)CC[C@]5(C)C4CC[C@@H]3C12. The highest BCUT2D eigenvalue weighted by Crippen LogP contribution is 2.74. The molecule has 40 heavy (non-hydrogen) atoms. The molecule has 0 aliphatic heterocycles. The number of fused-ring (bicyclic) bond motifs is 7. The Morgan fingerprint density at radius 1 is 0.800 bits per heavy atom. The minimum absolute atomic E-state index is 0.103. The lowest BCUT2D eigenvalue weighted by Crippen LogP contribution is -2.62. The van der Waals surface area contributed by atoms with E-state index in [1.165, 1.54) is 37.7 Å². The van der Waals surface area contributed by atoms with Crippen molar-refractivity contribution in [3.63, 3.8) is 0 Å². The standard InChI is InChI=1S/C36H52O4/c1-21(2)24-14-17-36(32(39)40)19-18-34(5)26-12-13-29-33(3,4)25(22-8-7-9-23(20-22)31(37)38)15-16-35(29,6)27(26)10-11-28(34)30(24)36/h7-9,20-21,24-30H,10-19H2,1-6H3,(H,37,38)(H,39,40)/t24-,25+,26?,27?,28+,29?,30?,34-,35+,36-/m0/s1.